The van der Waals surface area contributed by atoms with Crippen LogP contribution in [-0.2, 0) is 4.74 Å². The SMILES string of the molecule is C=Cc1ncc(OCCOC)c(N[C@H](CCO)CCCC)n1. The molecule has 0 aliphatic rings. The number of hydrogen-bond donors (Lipinski definition) is 2. The Morgan fingerprint density at radius 2 is 2.23 bits per heavy atom. The van der Waals surface area contributed by atoms with Crippen molar-refractivity contribution in [3.63, 3.8) is 0 Å². The molecule has 1 aromatic rings. The van der Waals surface area contributed by atoms with Crippen LogP contribution in [-0.4, -0.2) is 48.0 Å². The minimum absolute atomic E-state index is 0.140. The lowest BCUT2D eigenvalue weighted by Gasteiger charge is -2.20. The lowest BCUT2D eigenvalue weighted by molar-refractivity contribution is 0.146. The van der Waals surface area contributed by atoms with Gasteiger partial charge >= 0.3 is 0 Å². The number of aliphatic hydroxyl groups excluding tert-OH is 1. The van der Waals surface area contributed by atoms with Crippen LogP contribution in [0.2, 0.25) is 0 Å². The Morgan fingerprint density at radius 1 is 1.41 bits per heavy atom. The van der Waals surface area contributed by atoms with Crippen LogP contribution >= 0.6 is 0 Å². The van der Waals surface area contributed by atoms with Crippen molar-refractivity contribution in [3.05, 3.63) is 18.6 Å². The van der Waals surface area contributed by atoms with E-state index in [9.17, 15) is 5.11 Å². The second kappa shape index (κ2) is 11.0. The van der Waals surface area contributed by atoms with Crippen LogP contribution in [0.15, 0.2) is 12.8 Å². The zero-order valence-corrected chi connectivity index (χ0v) is 13.5. The molecule has 0 radical (unpaired) electrons. The van der Waals surface area contributed by atoms with Crippen LogP contribution in [0.1, 0.15) is 38.4 Å². The second-order valence-electron chi connectivity index (χ2n) is 4.98. The highest BCUT2D eigenvalue weighted by Crippen LogP contribution is 2.23. The Hall–Kier alpha value is -1.66. The van der Waals surface area contributed by atoms with E-state index in [1.165, 1.54) is 0 Å². The van der Waals surface area contributed by atoms with Crippen LogP contribution in [0, 0.1) is 0 Å². The molecule has 6 heteroatoms. The summed E-state index contributed by atoms with van der Waals surface area (Å²) in [5, 5.41) is 12.6. The van der Waals surface area contributed by atoms with Gasteiger partial charge in [0.2, 0.25) is 0 Å². The van der Waals surface area contributed by atoms with Crippen LogP contribution in [0.3, 0.4) is 0 Å². The lowest BCUT2D eigenvalue weighted by atomic mass is 10.1. The van der Waals surface area contributed by atoms with Gasteiger partial charge < -0.3 is 19.9 Å². The number of ether oxygens (including phenoxy) is 2. The topological polar surface area (TPSA) is 76.5 Å². The van der Waals surface area contributed by atoms with Crippen molar-refractivity contribution in [1.82, 2.24) is 9.97 Å². The molecule has 0 aliphatic heterocycles. The van der Waals surface area contributed by atoms with Crippen molar-refractivity contribution >= 4 is 11.9 Å². The number of hydrogen-bond acceptors (Lipinski definition) is 6. The predicted molar refractivity (Wildman–Crippen MR) is 88.1 cm³/mol. The molecule has 22 heavy (non-hydrogen) atoms. The Bertz CT molecular complexity index is 441. The number of methoxy groups -OCH3 is 1. The number of aliphatic hydroxyl groups is 1. The standard InChI is InChI=1S/C16H27N3O3/c1-4-6-7-13(8-9-20)18-16-14(22-11-10-21-3)12-17-15(5-2)19-16/h5,12-13,20H,2,4,6-11H2,1,3H3,(H,17,18,19)/t13-/m0/s1. The molecule has 0 saturated heterocycles. The van der Waals surface area contributed by atoms with Gasteiger partial charge in [-0.2, -0.15) is 0 Å². The van der Waals surface area contributed by atoms with E-state index in [0.29, 0.717) is 37.0 Å². The number of nitrogens with zero attached hydrogens (tertiary/aromatic N) is 2. The Balaban J connectivity index is 2.83. The van der Waals surface area contributed by atoms with Crippen LogP contribution in [0.5, 0.6) is 5.75 Å². The molecular formula is C16H27N3O3. The predicted octanol–water partition coefficient (Wildman–Crippen LogP) is 2.50. The van der Waals surface area contributed by atoms with Gasteiger partial charge in [-0.05, 0) is 18.9 Å². The van der Waals surface area contributed by atoms with Crippen molar-refractivity contribution in [2.75, 3.05) is 32.2 Å². The third-order valence-electron chi connectivity index (χ3n) is 3.23. The number of nitrogens with one attached hydrogen (secondary N) is 1. The van der Waals surface area contributed by atoms with Crippen molar-refractivity contribution in [2.24, 2.45) is 0 Å². The molecule has 1 rings (SSSR count). The maximum absolute atomic E-state index is 9.22. The first-order valence-electron chi connectivity index (χ1n) is 7.73. The maximum atomic E-state index is 9.22. The molecule has 6 nitrogen and oxygen atoms in total. The van der Waals surface area contributed by atoms with E-state index in [4.69, 9.17) is 9.47 Å². The molecule has 0 unspecified atom stereocenters. The fourth-order valence-electron chi connectivity index (χ4n) is 2.02. The van der Waals surface area contributed by atoms with Crippen LogP contribution < -0.4 is 10.1 Å². The van der Waals surface area contributed by atoms with E-state index in [1.807, 2.05) is 0 Å². The fraction of sp³-hybridized carbons (Fsp3) is 0.625. The van der Waals surface area contributed by atoms with Gasteiger partial charge in [-0.3, -0.25) is 0 Å². The summed E-state index contributed by atoms with van der Waals surface area (Å²) in [5.74, 6) is 1.76. The number of unbranched alkanes of at least 4 members (excludes halogenated alkanes) is 1. The average molecular weight is 309 g/mol. The minimum Gasteiger partial charge on any atom is -0.486 e. The van der Waals surface area contributed by atoms with E-state index in [0.717, 1.165) is 19.3 Å². The van der Waals surface area contributed by atoms with E-state index in [2.05, 4.69) is 28.8 Å². The van der Waals surface area contributed by atoms with Crippen LogP contribution in [0.25, 0.3) is 6.08 Å². The quantitative estimate of drug-likeness (QED) is 0.578. The molecule has 1 atom stereocenters. The minimum atomic E-state index is 0.140. The first-order chi connectivity index (χ1) is 10.7. The second-order valence-corrected chi connectivity index (χ2v) is 4.98. The first kappa shape index (κ1) is 18.4. The van der Waals surface area contributed by atoms with Gasteiger partial charge in [-0.15, -0.1) is 0 Å². The Morgan fingerprint density at radius 3 is 2.86 bits per heavy atom. The molecular weight excluding hydrogens is 282 g/mol. The van der Waals surface area contributed by atoms with Gasteiger partial charge in [0.15, 0.2) is 17.4 Å². The molecule has 2 N–H and O–H groups in total. The van der Waals surface area contributed by atoms with Crippen molar-refractivity contribution in [3.8, 4) is 5.75 Å². The van der Waals surface area contributed by atoms with Gasteiger partial charge in [0, 0.05) is 19.8 Å². The molecule has 0 spiro atoms. The molecule has 0 fully saturated rings. The van der Waals surface area contributed by atoms with Crippen molar-refractivity contribution < 1.29 is 14.6 Å². The van der Waals surface area contributed by atoms with E-state index >= 15 is 0 Å². The Kier molecular flexibility index (Phi) is 9.18. The summed E-state index contributed by atoms with van der Waals surface area (Å²) >= 11 is 0. The smallest absolute Gasteiger partial charge is 0.180 e. The molecule has 1 aromatic heterocycles. The lowest BCUT2D eigenvalue weighted by Crippen LogP contribution is -2.22. The van der Waals surface area contributed by atoms with Crippen LogP contribution in [0.4, 0.5) is 5.82 Å². The highest BCUT2D eigenvalue weighted by molar-refractivity contribution is 5.52. The van der Waals surface area contributed by atoms with Gasteiger partial charge in [0.05, 0.1) is 12.8 Å². The summed E-state index contributed by atoms with van der Waals surface area (Å²) in [6, 6.07) is 0.155. The van der Waals surface area contributed by atoms with Gasteiger partial charge in [-0.25, -0.2) is 9.97 Å². The van der Waals surface area contributed by atoms with E-state index in [-0.39, 0.29) is 12.6 Å². The molecule has 0 aliphatic carbocycles. The molecule has 0 bridgehead atoms. The highest BCUT2D eigenvalue weighted by Gasteiger charge is 2.13. The van der Waals surface area contributed by atoms with E-state index < -0.39 is 0 Å². The number of anilines is 1. The summed E-state index contributed by atoms with van der Waals surface area (Å²) in [4.78, 5) is 8.58. The first-order valence-corrected chi connectivity index (χ1v) is 7.73. The third-order valence-corrected chi connectivity index (χ3v) is 3.23. The molecule has 124 valence electrons. The summed E-state index contributed by atoms with van der Waals surface area (Å²) in [5.41, 5.74) is 0. The maximum Gasteiger partial charge on any atom is 0.180 e. The molecule has 0 saturated carbocycles. The normalized spacial score (nSPS) is 12.0. The molecule has 0 aromatic carbocycles. The largest absolute Gasteiger partial charge is 0.486 e. The number of rotatable bonds is 12. The van der Waals surface area contributed by atoms with Gasteiger partial charge in [-0.1, -0.05) is 26.3 Å². The monoisotopic (exact) mass is 309 g/mol. The highest BCUT2D eigenvalue weighted by atomic mass is 16.5. The summed E-state index contributed by atoms with van der Waals surface area (Å²) < 4.78 is 10.6. The van der Waals surface area contributed by atoms with Gasteiger partial charge in [0.25, 0.3) is 0 Å². The zero-order valence-electron chi connectivity index (χ0n) is 13.5. The summed E-state index contributed by atoms with van der Waals surface area (Å²) in [7, 11) is 1.63. The summed E-state index contributed by atoms with van der Waals surface area (Å²) in [6.07, 6.45) is 7.08. The fourth-order valence-corrected chi connectivity index (χ4v) is 2.02. The van der Waals surface area contributed by atoms with Gasteiger partial charge in [0.1, 0.15) is 6.61 Å². The summed E-state index contributed by atoms with van der Waals surface area (Å²) in [6.45, 7) is 6.91. The van der Waals surface area contributed by atoms with Crippen molar-refractivity contribution in [2.45, 2.75) is 38.6 Å². The third kappa shape index (κ3) is 6.41. The van der Waals surface area contributed by atoms with E-state index in [1.54, 1.807) is 19.4 Å². The number of aromatic nitrogens is 2. The molecule has 1 heterocycles. The average Bonchev–Trinajstić information content (AvgIpc) is 2.54. The zero-order chi connectivity index (χ0) is 16.2. The molecule has 0 amide bonds. The van der Waals surface area contributed by atoms with Crippen molar-refractivity contribution in [1.29, 1.82) is 0 Å². The Labute approximate surface area is 132 Å².